The lowest BCUT2D eigenvalue weighted by Gasteiger charge is -2.35. The van der Waals surface area contributed by atoms with Crippen LogP contribution in [0.2, 0.25) is 0 Å². The van der Waals surface area contributed by atoms with Crippen molar-refractivity contribution in [1.82, 2.24) is 39.7 Å². The van der Waals surface area contributed by atoms with Crippen molar-refractivity contribution in [3.8, 4) is 11.3 Å². The van der Waals surface area contributed by atoms with E-state index >= 15 is 4.39 Å². The predicted molar refractivity (Wildman–Crippen MR) is 181 cm³/mol. The number of amides is 3. The van der Waals surface area contributed by atoms with Crippen LogP contribution in [-0.4, -0.2) is 79.0 Å². The van der Waals surface area contributed by atoms with E-state index in [2.05, 4.69) is 45.4 Å². The summed E-state index contributed by atoms with van der Waals surface area (Å²) in [5, 5.41) is 5.36. The lowest BCUT2D eigenvalue weighted by molar-refractivity contribution is -0.120. The second-order valence-electron chi connectivity index (χ2n) is 12.4. The molecule has 2 saturated heterocycles. The number of pyridine rings is 2. The zero-order chi connectivity index (χ0) is 34.2. The first-order chi connectivity index (χ1) is 23.6. The number of rotatable bonds is 8. The first-order valence-electron chi connectivity index (χ1n) is 16.1. The molecular weight excluding hydrogens is 632 g/mol. The number of carbonyl (C=O) groups excluding carboxylic acids is 2. The highest BCUT2D eigenvalue weighted by Gasteiger charge is 2.25. The number of urea groups is 1. The van der Waals surface area contributed by atoms with Crippen LogP contribution >= 0.6 is 0 Å². The van der Waals surface area contributed by atoms with Gasteiger partial charge in [0.1, 0.15) is 22.9 Å². The maximum absolute atomic E-state index is 15.1. The SMILES string of the molecule is Cc1nc2c(F)cc(-c3nc(Nc4ccc(N5CCN(Cc6ccc(N7CCC(=O)NC7=O)cn6)CC5)cn4)ncc3F)cc2n1C(C)C. The number of halogens is 2. The summed E-state index contributed by atoms with van der Waals surface area (Å²) < 4.78 is 31.9. The normalized spacial score (nSPS) is 15.7. The lowest BCUT2D eigenvalue weighted by Crippen LogP contribution is -2.49. The van der Waals surface area contributed by atoms with Crippen LogP contribution in [0.15, 0.2) is 55.0 Å². The number of benzene rings is 1. The van der Waals surface area contributed by atoms with Gasteiger partial charge in [0.15, 0.2) is 11.6 Å². The van der Waals surface area contributed by atoms with Gasteiger partial charge in [0, 0.05) is 57.3 Å². The van der Waals surface area contributed by atoms with Crippen molar-refractivity contribution in [2.45, 2.75) is 39.8 Å². The molecule has 15 heteroatoms. The quantitative estimate of drug-likeness (QED) is 0.234. The Morgan fingerprint density at radius 2 is 1.65 bits per heavy atom. The van der Waals surface area contributed by atoms with Crippen LogP contribution in [0.4, 0.5) is 36.7 Å². The van der Waals surface area contributed by atoms with Crippen molar-refractivity contribution in [3.63, 3.8) is 0 Å². The molecule has 2 aliphatic rings. The number of fused-ring (bicyclic) bond motifs is 1. The highest BCUT2D eigenvalue weighted by molar-refractivity contribution is 6.05. The molecule has 0 aliphatic carbocycles. The van der Waals surface area contributed by atoms with Gasteiger partial charge in [-0.05, 0) is 57.2 Å². The van der Waals surface area contributed by atoms with E-state index in [0.29, 0.717) is 35.9 Å². The van der Waals surface area contributed by atoms with E-state index in [0.717, 1.165) is 43.8 Å². The molecule has 49 heavy (non-hydrogen) atoms. The Balaban J connectivity index is 0.967. The van der Waals surface area contributed by atoms with Gasteiger partial charge in [-0.15, -0.1) is 0 Å². The van der Waals surface area contributed by atoms with Gasteiger partial charge in [0.05, 0.1) is 41.2 Å². The third kappa shape index (κ3) is 6.61. The maximum Gasteiger partial charge on any atom is 0.328 e. The molecule has 2 aliphatic heterocycles. The molecule has 0 bridgehead atoms. The summed E-state index contributed by atoms with van der Waals surface area (Å²) >= 11 is 0. The first-order valence-corrected chi connectivity index (χ1v) is 16.1. The Labute approximate surface area is 281 Å². The number of nitrogens with one attached hydrogen (secondary N) is 2. The third-order valence-corrected chi connectivity index (χ3v) is 8.74. The standard InChI is InChI=1S/C34H35F2N11O2/c1-20(2)47-21(3)40-32-26(35)14-22(15-28(32)47)31-27(36)18-39-33(43-31)41-29-7-6-24(16-38-29)45-12-10-44(11-13-45)19-23-4-5-25(17-37-23)46-9-8-30(48)42-34(46)49/h4-7,14-18,20H,8-13,19H2,1-3H3,(H,42,48,49)(H,38,39,41,43). The molecular formula is C34H35F2N11O2. The van der Waals surface area contributed by atoms with Crippen LogP contribution in [-0.2, 0) is 11.3 Å². The summed E-state index contributed by atoms with van der Waals surface area (Å²) in [5.41, 5.74) is 3.60. The Bertz CT molecular complexity index is 2030. The molecule has 7 rings (SSSR count). The molecule has 4 aromatic heterocycles. The highest BCUT2D eigenvalue weighted by Crippen LogP contribution is 2.30. The van der Waals surface area contributed by atoms with Crippen molar-refractivity contribution in [1.29, 1.82) is 0 Å². The molecule has 0 spiro atoms. The summed E-state index contributed by atoms with van der Waals surface area (Å²) in [6.45, 7) is 10.1. The van der Waals surface area contributed by atoms with E-state index < -0.39 is 17.7 Å². The fourth-order valence-corrected chi connectivity index (χ4v) is 6.32. The van der Waals surface area contributed by atoms with E-state index in [-0.39, 0.29) is 41.1 Å². The maximum atomic E-state index is 15.1. The molecule has 0 atom stereocenters. The van der Waals surface area contributed by atoms with Crippen LogP contribution in [0.5, 0.6) is 0 Å². The number of aromatic nitrogens is 6. The molecule has 1 aromatic carbocycles. The van der Waals surface area contributed by atoms with Crippen molar-refractivity contribution < 1.29 is 18.4 Å². The molecule has 2 fully saturated rings. The lowest BCUT2D eigenvalue weighted by atomic mass is 10.1. The monoisotopic (exact) mass is 667 g/mol. The van der Waals surface area contributed by atoms with E-state index in [1.165, 1.54) is 11.0 Å². The van der Waals surface area contributed by atoms with Crippen LogP contribution < -0.4 is 20.4 Å². The molecule has 2 N–H and O–H groups in total. The summed E-state index contributed by atoms with van der Waals surface area (Å²) in [6.07, 6.45) is 4.77. The number of nitrogens with zero attached hydrogens (tertiary/aromatic N) is 9. The summed E-state index contributed by atoms with van der Waals surface area (Å²) in [6, 6.07) is 10.1. The van der Waals surface area contributed by atoms with E-state index in [1.54, 1.807) is 18.5 Å². The van der Waals surface area contributed by atoms with Gasteiger partial charge in [-0.3, -0.25) is 24.9 Å². The molecule has 3 amide bonds. The minimum atomic E-state index is -0.669. The highest BCUT2D eigenvalue weighted by atomic mass is 19.1. The number of imide groups is 1. The van der Waals surface area contributed by atoms with Crippen molar-refractivity contribution in [2.75, 3.05) is 47.8 Å². The smallest absolute Gasteiger partial charge is 0.328 e. The Morgan fingerprint density at radius 3 is 2.35 bits per heavy atom. The fourth-order valence-electron chi connectivity index (χ4n) is 6.32. The third-order valence-electron chi connectivity index (χ3n) is 8.74. The minimum Gasteiger partial charge on any atom is -0.368 e. The number of carbonyl (C=O) groups is 2. The summed E-state index contributed by atoms with van der Waals surface area (Å²) in [5.74, 6) is -0.186. The molecule has 0 saturated carbocycles. The zero-order valence-electron chi connectivity index (χ0n) is 27.3. The van der Waals surface area contributed by atoms with Gasteiger partial charge >= 0.3 is 6.03 Å². The predicted octanol–water partition coefficient (Wildman–Crippen LogP) is 4.96. The van der Waals surface area contributed by atoms with E-state index in [1.807, 2.05) is 49.6 Å². The molecule has 0 unspecified atom stereocenters. The Morgan fingerprint density at radius 1 is 0.878 bits per heavy atom. The molecule has 0 radical (unpaired) electrons. The average molecular weight is 668 g/mol. The molecule has 13 nitrogen and oxygen atoms in total. The van der Waals surface area contributed by atoms with Gasteiger partial charge in [0.2, 0.25) is 11.9 Å². The van der Waals surface area contributed by atoms with Gasteiger partial charge in [-0.1, -0.05) is 0 Å². The van der Waals surface area contributed by atoms with Crippen LogP contribution in [0.1, 0.15) is 37.8 Å². The van der Waals surface area contributed by atoms with Crippen molar-refractivity contribution in [2.24, 2.45) is 0 Å². The molecule has 6 heterocycles. The molecule has 5 aromatic rings. The second-order valence-corrected chi connectivity index (χ2v) is 12.4. The van der Waals surface area contributed by atoms with E-state index in [4.69, 9.17) is 0 Å². The number of piperazine rings is 1. The number of anilines is 4. The Kier molecular flexibility index (Phi) is 8.59. The topological polar surface area (TPSA) is 137 Å². The number of imidazole rings is 1. The van der Waals surface area contributed by atoms with Gasteiger partial charge in [0.25, 0.3) is 0 Å². The zero-order valence-corrected chi connectivity index (χ0v) is 27.3. The van der Waals surface area contributed by atoms with Crippen LogP contribution in [0, 0.1) is 18.6 Å². The van der Waals surface area contributed by atoms with Gasteiger partial charge in [-0.2, -0.15) is 0 Å². The molecule has 252 valence electrons. The minimum absolute atomic E-state index is 0.0276. The Hall–Kier alpha value is -5.57. The summed E-state index contributed by atoms with van der Waals surface area (Å²) in [7, 11) is 0. The second kappa shape index (κ2) is 13.1. The number of hydrogen-bond donors (Lipinski definition) is 2. The van der Waals surface area contributed by atoms with Crippen molar-refractivity contribution >= 4 is 46.1 Å². The number of hydrogen-bond acceptors (Lipinski definition) is 10. The van der Waals surface area contributed by atoms with E-state index in [9.17, 15) is 14.0 Å². The summed E-state index contributed by atoms with van der Waals surface area (Å²) in [4.78, 5) is 51.5. The van der Waals surface area contributed by atoms with Gasteiger partial charge < -0.3 is 14.8 Å². The average Bonchev–Trinajstić information content (AvgIpc) is 3.43. The van der Waals surface area contributed by atoms with Crippen LogP contribution in [0.3, 0.4) is 0 Å². The largest absolute Gasteiger partial charge is 0.368 e. The number of aryl methyl sites for hydroxylation is 1. The van der Waals surface area contributed by atoms with Crippen molar-refractivity contribution in [3.05, 3.63) is 78.1 Å². The first kappa shape index (κ1) is 32.0. The van der Waals surface area contributed by atoms with Gasteiger partial charge in [-0.25, -0.2) is 33.5 Å². The fraction of sp³-hybridized carbons (Fsp3) is 0.324. The van der Waals surface area contributed by atoms with Crippen LogP contribution in [0.25, 0.3) is 22.3 Å².